The van der Waals surface area contributed by atoms with Crippen LogP contribution < -0.4 is 19.1 Å². The Bertz CT molecular complexity index is 2110. The van der Waals surface area contributed by atoms with Crippen LogP contribution in [-0.2, 0) is 17.8 Å². The van der Waals surface area contributed by atoms with Gasteiger partial charge in [0.2, 0.25) is 5.91 Å². The van der Waals surface area contributed by atoms with E-state index in [4.69, 9.17) is 30.8 Å². The van der Waals surface area contributed by atoms with Gasteiger partial charge in [-0.1, -0.05) is 48.5 Å². The summed E-state index contributed by atoms with van der Waals surface area (Å²) in [5.41, 5.74) is 5.07. The Morgan fingerprint density at radius 3 is 2.45 bits per heavy atom. The molecule has 4 aliphatic rings. The van der Waals surface area contributed by atoms with Gasteiger partial charge >= 0.3 is 6.09 Å². The molecule has 0 N–H and O–H groups in total. The number of rotatable bonds is 8. The predicted molar refractivity (Wildman–Crippen MR) is 205 cm³/mol. The zero-order chi connectivity index (χ0) is 36.6. The number of carbonyl (C=O) groups excluding carboxylic acids is 3. The summed E-state index contributed by atoms with van der Waals surface area (Å²) in [4.78, 5) is 53.1. The number of ether oxygens (including phenoxy) is 3. The highest BCUT2D eigenvalue weighted by molar-refractivity contribution is 6.19. The van der Waals surface area contributed by atoms with Gasteiger partial charge in [0, 0.05) is 81.2 Å². The lowest BCUT2D eigenvalue weighted by Gasteiger charge is -2.34. The van der Waals surface area contributed by atoms with Crippen molar-refractivity contribution in [3.63, 3.8) is 0 Å². The maximum absolute atomic E-state index is 13.8. The first-order chi connectivity index (χ1) is 25.8. The van der Waals surface area contributed by atoms with Gasteiger partial charge in [0.15, 0.2) is 11.5 Å². The molecule has 12 heteroatoms. The van der Waals surface area contributed by atoms with Gasteiger partial charge in [0.1, 0.15) is 5.75 Å². The third-order valence-electron chi connectivity index (χ3n) is 10.8. The van der Waals surface area contributed by atoms with E-state index >= 15 is 0 Å². The summed E-state index contributed by atoms with van der Waals surface area (Å²) < 4.78 is 17.8. The molecule has 274 valence electrons. The number of nitrogens with zero attached hydrogens (tertiary/aromatic N) is 5. The summed E-state index contributed by atoms with van der Waals surface area (Å²) in [7, 11) is 3.58. The van der Waals surface area contributed by atoms with E-state index in [-0.39, 0.29) is 36.8 Å². The largest absolute Gasteiger partial charge is 0.493 e. The number of halogens is 1. The van der Waals surface area contributed by atoms with Crippen molar-refractivity contribution in [2.75, 3.05) is 64.3 Å². The molecule has 0 unspecified atom stereocenters. The van der Waals surface area contributed by atoms with Gasteiger partial charge in [-0.3, -0.25) is 14.6 Å². The molecule has 0 saturated carbocycles. The number of fused-ring (bicyclic) bond motifs is 6. The molecule has 4 aromatic carbocycles. The smallest absolute Gasteiger partial charge is 0.415 e. The molecule has 0 aliphatic carbocycles. The molecule has 1 saturated heterocycles. The number of anilines is 1. The highest BCUT2D eigenvalue weighted by atomic mass is 35.5. The number of hydrogen-bond acceptors (Lipinski definition) is 8. The molecule has 0 radical (unpaired) electrons. The lowest BCUT2D eigenvalue weighted by molar-refractivity contribution is -0.118. The van der Waals surface area contributed by atoms with E-state index in [0.717, 1.165) is 40.7 Å². The van der Waals surface area contributed by atoms with Crippen molar-refractivity contribution in [1.29, 1.82) is 0 Å². The molecule has 1 fully saturated rings. The second-order valence-electron chi connectivity index (χ2n) is 14.1. The summed E-state index contributed by atoms with van der Waals surface area (Å²) in [6.07, 6.45) is 2.82. The molecule has 4 aromatic rings. The Labute approximate surface area is 313 Å². The summed E-state index contributed by atoms with van der Waals surface area (Å²) in [5.74, 6) is 1.42. The standard InChI is InChI=1S/C41H42ClN5O6/c1-44-13-15-45(16-14-44)41(50)53-35-21-34-39(31-11-6-5-10-30(31)35)28(22-42)25-47(34)38(48)12-7-17-52-37-20-33-32(19-36(37)51-2)40(49)46-24-27-9-4-3-8-26(27)18-29(46)23-43-33/h3-6,8-11,19-21,23,28-29H,7,12-18,22,24-25H2,1-2H3/t28-,29+/m1/s1. The average molecular weight is 736 g/mol. The van der Waals surface area contributed by atoms with E-state index in [2.05, 4.69) is 17.0 Å². The Morgan fingerprint density at radius 1 is 0.925 bits per heavy atom. The average Bonchev–Trinajstić information content (AvgIpc) is 3.51. The molecule has 53 heavy (non-hydrogen) atoms. The van der Waals surface area contributed by atoms with E-state index in [1.807, 2.05) is 60.6 Å². The molecule has 4 heterocycles. The highest BCUT2D eigenvalue weighted by Crippen LogP contribution is 2.46. The van der Waals surface area contributed by atoms with Gasteiger partial charge in [0.25, 0.3) is 5.91 Å². The second-order valence-corrected chi connectivity index (χ2v) is 14.4. The maximum atomic E-state index is 13.8. The number of benzene rings is 4. The number of carbonyl (C=O) groups is 3. The monoisotopic (exact) mass is 735 g/mol. The summed E-state index contributed by atoms with van der Waals surface area (Å²) in [6, 6.07) is 21.1. The first-order valence-corrected chi connectivity index (χ1v) is 18.7. The Morgan fingerprint density at radius 2 is 1.68 bits per heavy atom. The van der Waals surface area contributed by atoms with Crippen LogP contribution >= 0.6 is 11.6 Å². The minimum absolute atomic E-state index is 0.0689. The molecule has 0 spiro atoms. The molecule has 0 bridgehead atoms. The number of likely N-dealkylation sites (N-methyl/N-ethyl adjacent to an activating group) is 1. The van der Waals surface area contributed by atoms with Gasteiger partial charge < -0.3 is 33.8 Å². The van der Waals surface area contributed by atoms with Gasteiger partial charge in [-0.25, -0.2) is 4.79 Å². The first kappa shape index (κ1) is 34.9. The maximum Gasteiger partial charge on any atom is 0.415 e. The molecule has 11 nitrogen and oxygen atoms in total. The summed E-state index contributed by atoms with van der Waals surface area (Å²) >= 11 is 6.49. The van der Waals surface area contributed by atoms with E-state index in [9.17, 15) is 14.4 Å². The van der Waals surface area contributed by atoms with Crippen molar-refractivity contribution in [1.82, 2.24) is 14.7 Å². The van der Waals surface area contributed by atoms with Crippen LogP contribution in [0, 0.1) is 0 Å². The van der Waals surface area contributed by atoms with Crippen LogP contribution in [0.2, 0.25) is 0 Å². The number of aliphatic imine (C=N–C) groups is 1. The normalized spacial score (nSPS) is 19.3. The SMILES string of the molecule is COc1cc2c(cc1OCCCC(=O)N1C[C@@H](CCl)c3c1cc(OC(=O)N1CCN(C)CC1)c1ccccc31)N=C[C@@H]1Cc3ccccc3CN1C2=O. The van der Waals surface area contributed by atoms with E-state index in [0.29, 0.717) is 73.4 Å². The molecular weight excluding hydrogens is 694 g/mol. The van der Waals surface area contributed by atoms with Gasteiger partial charge in [0.05, 0.1) is 36.7 Å². The number of hydrogen-bond donors (Lipinski definition) is 0. The van der Waals surface area contributed by atoms with Crippen molar-refractivity contribution in [3.8, 4) is 17.2 Å². The third-order valence-corrected chi connectivity index (χ3v) is 11.2. The molecular formula is C41H42ClN5O6. The first-order valence-electron chi connectivity index (χ1n) is 18.2. The zero-order valence-corrected chi connectivity index (χ0v) is 30.7. The zero-order valence-electron chi connectivity index (χ0n) is 29.9. The van der Waals surface area contributed by atoms with Crippen molar-refractivity contribution < 1.29 is 28.6 Å². The Hall–Kier alpha value is -5.13. The van der Waals surface area contributed by atoms with Crippen LogP contribution in [0.1, 0.15) is 45.8 Å². The molecule has 2 atom stereocenters. The van der Waals surface area contributed by atoms with Crippen LogP contribution in [0.4, 0.5) is 16.2 Å². The van der Waals surface area contributed by atoms with Crippen LogP contribution in [0.5, 0.6) is 17.2 Å². The fourth-order valence-corrected chi connectivity index (χ4v) is 8.12. The molecule has 4 aliphatic heterocycles. The molecule has 0 aromatic heterocycles. The molecule has 8 rings (SSSR count). The lowest BCUT2D eigenvalue weighted by atomic mass is 9.94. The van der Waals surface area contributed by atoms with Crippen LogP contribution in [0.25, 0.3) is 10.8 Å². The van der Waals surface area contributed by atoms with Crippen LogP contribution in [-0.4, -0.2) is 104 Å². The number of amides is 3. The topological polar surface area (TPSA) is 104 Å². The Balaban J connectivity index is 0.964. The fourth-order valence-electron chi connectivity index (χ4n) is 7.87. The van der Waals surface area contributed by atoms with Crippen molar-refractivity contribution >= 4 is 57.9 Å². The number of methoxy groups -OCH3 is 1. The van der Waals surface area contributed by atoms with E-state index in [1.54, 1.807) is 29.0 Å². The highest BCUT2D eigenvalue weighted by Gasteiger charge is 2.36. The minimum atomic E-state index is -0.394. The number of piperazine rings is 1. The summed E-state index contributed by atoms with van der Waals surface area (Å²) in [5, 5.41) is 1.74. The van der Waals surface area contributed by atoms with Gasteiger partial charge in [-0.05, 0) is 48.0 Å². The minimum Gasteiger partial charge on any atom is -0.493 e. The summed E-state index contributed by atoms with van der Waals surface area (Å²) in [6.45, 7) is 3.95. The number of alkyl halides is 1. The van der Waals surface area contributed by atoms with E-state index in [1.165, 1.54) is 5.56 Å². The lowest BCUT2D eigenvalue weighted by Crippen LogP contribution is -2.48. The van der Waals surface area contributed by atoms with Crippen LogP contribution in [0.3, 0.4) is 0 Å². The quantitative estimate of drug-likeness (QED) is 0.152. The second kappa shape index (κ2) is 14.7. The molecule has 3 amide bonds. The van der Waals surface area contributed by atoms with Crippen molar-refractivity contribution in [2.24, 2.45) is 4.99 Å². The van der Waals surface area contributed by atoms with Crippen LogP contribution in [0.15, 0.2) is 71.7 Å². The predicted octanol–water partition coefficient (Wildman–Crippen LogP) is 6.41. The van der Waals surface area contributed by atoms with E-state index < -0.39 is 6.09 Å². The van der Waals surface area contributed by atoms with Gasteiger partial charge in [-0.2, -0.15) is 0 Å². The van der Waals surface area contributed by atoms with Gasteiger partial charge in [-0.15, -0.1) is 11.6 Å². The van der Waals surface area contributed by atoms with Crippen molar-refractivity contribution in [2.45, 2.75) is 37.8 Å². The third kappa shape index (κ3) is 6.68. The van der Waals surface area contributed by atoms with Crippen molar-refractivity contribution in [3.05, 3.63) is 89.0 Å². The Kier molecular flexibility index (Phi) is 9.70. The fraction of sp³-hybridized carbons (Fsp3) is 0.366.